The van der Waals surface area contributed by atoms with Crippen LogP contribution in [0.4, 0.5) is 0 Å². The van der Waals surface area contributed by atoms with Crippen LogP contribution in [0.15, 0.2) is 28.7 Å². The molecule has 1 unspecified atom stereocenters. The second-order valence-electron chi connectivity index (χ2n) is 4.75. The summed E-state index contributed by atoms with van der Waals surface area (Å²) in [7, 11) is 1.69. The minimum Gasteiger partial charge on any atom is -0.496 e. The Balaban J connectivity index is 2.43. The Labute approximate surface area is 133 Å². The van der Waals surface area contributed by atoms with Crippen LogP contribution < -0.4 is 10.1 Å². The van der Waals surface area contributed by atoms with Gasteiger partial charge >= 0.3 is 0 Å². The lowest BCUT2D eigenvalue weighted by Gasteiger charge is -2.19. The number of hydrogen-bond acceptors (Lipinski definition) is 3. The van der Waals surface area contributed by atoms with E-state index in [1.807, 2.05) is 17.4 Å². The molecular weight excluding hydrogens is 334 g/mol. The Morgan fingerprint density at radius 2 is 2.05 bits per heavy atom. The molecule has 0 fully saturated rings. The highest BCUT2D eigenvalue weighted by atomic mass is 79.9. The van der Waals surface area contributed by atoms with Crippen LogP contribution in [0, 0.1) is 13.8 Å². The van der Waals surface area contributed by atoms with Gasteiger partial charge in [-0.1, -0.05) is 13.0 Å². The molecular formula is C16H20BrNOS. The quantitative estimate of drug-likeness (QED) is 0.830. The smallest absolute Gasteiger partial charge is 0.133 e. The van der Waals surface area contributed by atoms with Gasteiger partial charge in [-0.05, 0) is 65.6 Å². The van der Waals surface area contributed by atoms with Gasteiger partial charge in [-0.2, -0.15) is 0 Å². The summed E-state index contributed by atoms with van der Waals surface area (Å²) >= 11 is 5.43. The van der Waals surface area contributed by atoms with Crippen molar-refractivity contribution in [1.82, 2.24) is 5.32 Å². The summed E-state index contributed by atoms with van der Waals surface area (Å²) in [6.45, 7) is 7.42. The SMILES string of the molecule is CCNC(c1ccc(OC)c(Br)c1)c1cc(C)sc1C. The summed E-state index contributed by atoms with van der Waals surface area (Å²) in [6.07, 6.45) is 0. The van der Waals surface area contributed by atoms with E-state index in [9.17, 15) is 0 Å². The number of hydrogen-bond donors (Lipinski definition) is 1. The minimum absolute atomic E-state index is 0.229. The Bertz CT molecular complexity index is 594. The maximum Gasteiger partial charge on any atom is 0.133 e. The lowest BCUT2D eigenvalue weighted by Crippen LogP contribution is -2.22. The van der Waals surface area contributed by atoms with E-state index >= 15 is 0 Å². The molecule has 0 amide bonds. The van der Waals surface area contributed by atoms with Crippen LogP contribution in [0.3, 0.4) is 0 Å². The normalized spacial score (nSPS) is 12.4. The van der Waals surface area contributed by atoms with Crippen molar-refractivity contribution in [2.24, 2.45) is 0 Å². The molecule has 0 spiro atoms. The molecule has 0 saturated heterocycles. The topological polar surface area (TPSA) is 21.3 Å². The number of methoxy groups -OCH3 is 1. The van der Waals surface area contributed by atoms with Gasteiger partial charge in [0.2, 0.25) is 0 Å². The number of aryl methyl sites for hydroxylation is 2. The Morgan fingerprint density at radius 1 is 1.30 bits per heavy atom. The zero-order valence-electron chi connectivity index (χ0n) is 12.3. The van der Waals surface area contributed by atoms with Crippen molar-refractivity contribution in [3.05, 3.63) is 49.6 Å². The van der Waals surface area contributed by atoms with Crippen molar-refractivity contribution in [3.63, 3.8) is 0 Å². The first-order valence-electron chi connectivity index (χ1n) is 6.70. The second-order valence-corrected chi connectivity index (χ2v) is 7.07. The van der Waals surface area contributed by atoms with E-state index in [0.29, 0.717) is 0 Å². The predicted octanol–water partition coefficient (Wildman–Crippen LogP) is 4.83. The lowest BCUT2D eigenvalue weighted by atomic mass is 9.99. The Kier molecular flexibility index (Phi) is 5.24. The van der Waals surface area contributed by atoms with Crippen LogP contribution >= 0.6 is 27.3 Å². The van der Waals surface area contributed by atoms with E-state index in [1.165, 1.54) is 20.9 Å². The summed E-state index contributed by atoms with van der Waals surface area (Å²) in [5.74, 6) is 0.863. The molecule has 1 atom stereocenters. The number of ether oxygens (including phenoxy) is 1. The van der Waals surface area contributed by atoms with E-state index in [2.05, 4.69) is 60.2 Å². The third-order valence-corrected chi connectivity index (χ3v) is 4.91. The van der Waals surface area contributed by atoms with Gasteiger partial charge < -0.3 is 10.1 Å². The molecule has 0 aliphatic heterocycles. The van der Waals surface area contributed by atoms with Gasteiger partial charge in [0.25, 0.3) is 0 Å². The average molecular weight is 354 g/mol. The van der Waals surface area contributed by atoms with Crippen molar-refractivity contribution < 1.29 is 4.74 Å². The Hall–Kier alpha value is -0.840. The summed E-state index contributed by atoms with van der Waals surface area (Å²) in [5, 5.41) is 3.58. The third kappa shape index (κ3) is 3.25. The minimum atomic E-state index is 0.229. The number of nitrogens with one attached hydrogen (secondary N) is 1. The molecule has 4 heteroatoms. The highest BCUT2D eigenvalue weighted by Crippen LogP contribution is 2.34. The van der Waals surface area contributed by atoms with Gasteiger partial charge in [-0.15, -0.1) is 11.3 Å². The molecule has 1 aromatic heterocycles. The van der Waals surface area contributed by atoms with Gasteiger partial charge in [0.15, 0.2) is 0 Å². The summed E-state index contributed by atoms with van der Waals surface area (Å²) < 4.78 is 6.30. The zero-order valence-corrected chi connectivity index (χ0v) is 14.7. The standard InChI is InChI=1S/C16H20BrNOS/c1-5-18-16(13-8-10(2)20-11(13)3)12-6-7-15(19-4)14(17)9-12/h6-9,16,18H,5H2,1-4H3. The fraction of sp³-hybridized carbons (Fsp3) is 0.375. The van der Waals surface area contributed by atoms with Crippen molar-refractivity contribution in [1.29, 1.82) is 0 Å². The molecule has 0 aliphatic rings. The summed E-state index contributed by atoms with van der Waals surface area (Å²) in [6, 6.07) is 8.79. The van der Waals surface area contributed by atoms with Crippen LogP contribution in [0.5, 0.6) is 5.75 Å². The van der Waals surface area contributed by atoms with E-state index in [4.69, 9.17) is 4.74 Å². The summed E-state index contributed by atoms with van der Waals surface area (Å²) in [5.41, 5.74) is 2.62. The summed E-state index contributed by atoms with van der Waals surface area (Å²) in [4.78, 5) is 2.73. The van der Waals surface area contributed by atoms with Crippen molar-refractivity contribution >= 4 is 27.3 Å². The van der Waals surface area contributed by atoms with Gasteiger partial charge in [0.1, 0.15) is 5.75 Å². The van der Waals surface area contributed by atoms with Gasteiger partial charge in [0, 0.05) is 9.75 Å². The van der Waals surface area contributed by atoms with Crippen molar-refractivity contribution in [2.75, 3.05) is 13.7 Å². The molecule has 0 bridgehead atoms. The van der Waals surface area contributed by atoms with Gasteiger partial charge in [-0.25, -0.2) is 0 Å². The van der Waals surface area contributed by atoms with Gasteiger partial charge in [-0.3, -0.25) is 0 Å². The molecule has 0 saturated carbocycles. The number of halogens is 1. The largest absolute Gasteiger partial charge is 0.496 e. The molecule has 1 aromatic carbocycles. The maximum atomic E-state index is 5.31. The Morgan fingerprint density at radius 3 is 2.55 bits per heavy atom. The van der Waals surface area contributed by atoms with Crippen LogP contribution in [0.2, 0.25) is 0 Å². The molecule has 2 nitrogen and oxygen atoms in total. The first-order valence-corrected chi connectivity index (χ1v) is 8.31. The fourth-order valence-corrected chi connectivity index (χ4v) is 3.93. The second kappa shape index (κ2) is 6.74. The average Bonchev–Trinajstić information content (AvgIpc) is 2.74. The predicted molar refractivity (Wildman–Crippen MR) is 90.0 cm³/mol. The van der Waals surface area contributed by atoms with Crippen molar-refractivity contribution in [2.45, 2.75) is 26.8 Å². The van der Waals surface area contributed by atoms with Crippen molar-refractivity contribution in [3.8, 4) is 5.75 Å². The van der Waals surface area contributed by atoms with Crippen LogP contribution in [0.25, 0.3) is 0 Å². The molecule has 2 aromatic rings. The molecule has 108 valence electrons. The monoisotopic (exact) mass is 353 g/mol. The molecule has 2 rings (SSSR count). The van der Waals surface area contributed by atoms with Crippen LogP contribution in [-0.4, -0.2) is 13.7 Å². The third-order valence-electron chi connectivity index (χ3n) is 3.31. The zero-order chi connectivity index (χ0) is 14.7. The number of rotatable bonds is 5. The molecule has 0 aliphatic carbocycles. The first-order chi connectivity index (χ1) is 9.56. The highest BCUT2D eigenvalue weighted by Gasteiger charge is 2.18. The number of benzene rings is 1. The molecule has 1 N–H and O–H groups in total. The van der Waals surface area contributed by atoms with Crippen LogP contribution in [0.1, 0.15) is 33.8 Å². The maximum absolute atomic E-state index is 5.31. The van der Waals surface area contributed by atoms with E-state index < -0.39 is 0 Å². The molecule has 1 heterocycles. The molecule has 0 radical (unpaired) electrons. The molecule has 20 heavy (non-hydrogen) atoms. The lowest BCUT2D eigenvalue weighted by molar-refractivity contribution is 0.412. The van der Waals surface area contributed by atoms with Crippen LogP contribution in [-0.2, 0) is 0 Å². The fourth-order valence-electron chi connectivity index (χ4n) is 2.41. The van der Waals surface area contributed by atoms with E-state index in [1.54, 1.807) is 7.11 Å². The first kappa shape index (κ1) is 15.5. The highest BCUT2D eigenvalue weighted by molar-refractivity contribution is 9.10. The van der Waals surface area contributed by atoms with E-state index in [0.717, 1.165) is 16.8 Å². The number of thiophene rings is 1. The van der Waals surface area contributed by atoms with Gasteiger partial charge in [0.05, 0.1) is 17.6 Å². The van der Waals surface area contributed by atoms with E-state index in [-0.39, 0.29) is 6.04 Å².